The maximum absolute atomic E-state index is 12.0. The van der Waals surface area contributed by atoms with Gasteiger partial charge in [-0.25, -0.2) is 4.79 Å². The molecule has 1 N–H and O–H groups in total. The summed E-state index contributed by atoms with van der Waals surface area (Å²) in [5.74, 6) is -1.34. The van der Waals surface area contributed by atoms with Crippen LogP contribution in [0.3, 0.4) is 0 Å². The number of aryl methyl sites for hydroxylation is 1. The average Bonchev–Trinajstić information content (AvgIpc) is 2.77. The van der Waals surface area contributed by atoms with E-state index in [2.05, 4.69) is 5.32 Å². The number of thiophene rings is 1. The minimum Gasteiger partial charge on any atom is -0.462 e. The Hall–Kier alpha value is -1.89. The zero-order valence-corrected chi connectivity index (χ0v) is 14.8. The van der Waals surface area contributed by atoms with Gasteiger partial charge in [0.25, 0.3) is 5.91 Å². The summed E-state index contributed by atoms with van der Waals surface area (Å²) in [6.45, 7) is 7.26. The van der Waals surface area contributed by atoms with Gasteiger partial charge in [0, 0.05) is 11.3 Å². The van der Waals surface area contributed by atoms with Crippen molar-refractivity contribution in [2.75, 3.05) is 18.5 Å². The highest BCUT2D eigenvalue weighted by Crippen LogP contribution is 2.32. The number of unbranched alkanes of at least 4 members (excludes halogenated alkanes) is 1. The van der Waals surface area contributed by atoms with E-state index in [9.17, 15) is 14.4 Å². The normalized spacial score (nSPS) is 10.3. The van der Waals surface area contributed by atoms with Gasteiger partial charge in [0.2, 0.25) is 0 Å². The van der Waals surface area contributed by atoms with Crippen LogP contribution in [0.4, 0.5) is 5.00 Å². The van der Waals surface area contributed by atoms with Crippen molar-refractivity contribution < 1.29 is 23.9 Å². The molecule has 1 aromatic rings. The van der Waals surface area contributed by atoms with E-state index in [1.165, 1.54) is 11.3 Å². The lowest BCUT2D eigenvalue weighted by atomic mass is 10.1. The first-order valence-corrected chi connectivity index (χ1v) is 8.44. The van der Waals surface area contributed by atoms with Gasteiger partial charge in [0.15, 0.2) is 6.61 Å². The monoisotopic (exact) mass is 341 g/mol. The smallest absolute Gasteiger partial charge is 0.341 e. The van der Waals surface area contributed by atoms with Crippen molar-refractivity contribution in [3.63, 3.8) is 0 Å². The Bertz CT molecular complexity index is 579. The van der Waals surface area contributed by atoms with Gasteiger partial charge in [-0.2, -0.15) is 0 Å². The summed E-state index contributed by atoms with van der Waals surface area (Å²) >= 11 is 1.30. The van der Waals surface area contributed by atoms with E-state index in [0.29, 0.717) is 17.0 Å². The fourth-order valence-electron chi connectivity index (χ4n) is 1.87. The first-order chi connectivity index (χ1) is 10.9. The van der Waals surface area contributed by atoms with Crippen molar-refractivity contribution in [1.82, 2.24) is 0 Å². The van der Waals surface area contributed by atoms with Crippen LogP contribution >= 0.6 is 11.3 Å². The number of ether oxygens (including phenoxy) is 2. The molecule has 0 radical (unpaired) electrons. The molecule has 1 heterocycles. The second-order valence-corrected chi connectivity index (χ2v) is 6.25. The first kappa shape index (κ1) is 19.2. The Morgan fingerprint density at radius 3 is 2.43 bits per heavy atom. The number of carbonyl (C=O) groups is 3. The molecule has 1 aromatic heterocycles. The summed E-state index contributed by atoms with van der Waals surface area (Å²) in [6.07, 6.45) is 1.92. The highest BCUT2D eigenvalue weighted by Gasteiger charge is 2.22. The quantitative estimate of drug-likeness (QED) is 0.734. The Labute approximate surface area is 140 Å². The van der Waals surface area contributed by atoms with Crippen LogP contribution in [0.1, 0.15) is 53.9 Å². The molecule has 0 bridgehead atoms. The Morgan fingerprint density at radius 1 is 1.13 bits per heavy atom. The van der Waals surface area contributed by atoms with Crippen molar-refractivity contribution in [3.05, 3.63) is 16.0 Å². The molecule has 6 nitrogen and oxygen atoms in total. The maximum atomic E-state index is 12.0. The molecule has 0 aliphatic heterocycles. The number of hydrogen-bond acceptors (Lipinski definition) is 6. The summed E-state index contributed by atoms with van der Waals surface area (Å²) in [4.78, 5) is 36.2. The Morgan fingerprint density at radius 2 is 1.83 bits per heavy atom. The van der Waals surface area contributed by atoms with E-state index in [0.717, 1.165) is 23.3 Å². The predicted octanol–water partition coefficient (Wildman–Crippen LogP) is 3.21. The van der Waals surface area contributed by atoms with Crippen LogP contribution in [-0.4, -0.2) is 31.1 Å². The topological polar surface area (TPSA) is 81.7 Å². The van der Waals surface area contributed by atoms with Gasteiger partial charge in [-0.15, -0.1) is 11.3 Å². The van der Waals surface area contributed by atoms with Crippen molar-refractivity contribution in [2.24, 2.45) is 0 Å². The van der Waals surface area contributed by atoms with Crippen molar-refractivity contribution in [1.29, 1.82) is 0 Å². The van der Waals surface area contributed by atoms with E-state index in [4.69, 9.17) is 9.47 Å². The second kappa shape index (κ2) is 9.29. The third-order valence-corrected chi connectivity index (χ3v) is 4.34. The first-order valence-electron chi connectivity index (χ1n) is 7.63. The number of anilines is 1. The molecule has 1 rings (SSSR count). The van der Waals surface area contributed by atoms with E-state index < -0.39 is 17.8 Å². The lowest BCUT2D eigenvalue weighted by Crippen LogP contribution is -2.21. The van der Waals surface area contributed by atoms with E-state index in [1.54, 1.807) is 13.8 Å². The minimum absolute atomic E-state index is 0.260. The summed E-state index contributed by atoms with van der Waals surface area (Å²) < 4.78 is 9.92. The molecular weight excluding hydrogens is 318 g/mol. The van der Waals surface area contributed by atoms with Crippen molar-refractivity contribution in [3.8, 4) is 0 Å². The van der Waals surface area contributed by atoms with Gasteiger partial charge in [-0.05, 0) is 32.8 Å². The summed E-state index contributed by atoms with van der Waals surface area (Å²) in [5.41, 5.74) is 1.14. The molecule has 0 saturated carbocycles. The lowest BCUT2D eigenvalue weighted by Gasteiger charge is -2.08. The summed E-state index contributed by atoms with van der Waals surface area (Å²) in [5, 5.41) is 3.05. The highest BCUT2D eigenvalue weighted by atomic mass is 32.1. The zero-order valence-electron chi connectivity index (χ0n) is 14.0. The van der Waals surface area contributed by atoms with Crippen LogP contribution in [-0.2, 0) is 19.1 Å². The highest BCUT2D eigenvalue weighted by molar-refractivity contribution is 7.16. The van der Waals surface area contributed by atoms with E-state index >= 15 is 0 Å². The minimum atomic E-state index is -0.471. The number of carbonyl (C=O) groups excluding carboxylic acids is 3. The van der Waals surface area contributed by atoms with Crippen molar-refractivity contribution >= 4 is 34.2 Å². The molecule has 0 unspecified atom stereocenters. The molecule has 0 saturated heterocycles. The zero-order chi connectivity index (χ0) is 17.4. The van der Waals surface area contributed by atoms with Crippen LogP contribution in [0, 0.1) is 13.8 Å². The molecule has 23 heavy (non-hydrogen) atoms. The maximum Gasteiger partial charge on any atom is 0.341 e. The Balaban J connectivity index is 2.69. The molecule has 0 fully saturated rings. The predicted molar refractivity (Wildman–Crippen MR) is 88.9 cm³/mol. The number of esters is 2. The fraction of sp³-hybridized carbons (Fsp3) is 0.562. The van der Waals surface area contributed by atoms with Gasteiger partial charge >= 0.3 is 11.9 Å². The van der Waals surface area contributed by atoms with Crippen molar-refractivity contribution in [2.45, 2.75) is 47.0 Å². The van der Waals surface area contributed by atoms with Crippen LogP contribution in [0.25, 0.3) is 0 Å². The molecule has 7 heteroatoms. The van der Waals surface area contributed by atoms with Crippen LogP contribution < -0.4 is 5.32 Å². The third-order valence-electron chi connectivity index (χ3n) is 3.22. The molecule has 0 aliphatic carbocycles. The number of rotatable bonds is 8. The van der Waals surface area contributed by atoms with Gasteiger partial charge < -0.3 is 14.8 Å². The van der Waals surface area contributed by atoms with Gasteiger partial charge in [-0.1, -0.05) is 13.3 Å². The van der Waals surface area contributed by atoms with Gasteiger partial charge in [0.1, 0.15) is 5.00 Å². The van der Waals surface area contributed by atoms with E-state index in [1.807, 2.05) is 13.8 Å². The molecule has 0 atom stereocenters. The van der Waals surface area contributed by atoms with Crippen LogP contribution in [0.15, 0.2) is 0 Å². The molecule has 128 valence electrons. The molecular formula is C16H23NO5S. The van der Waals surface area contributed by atoms with Crippen LogP contribution in [0.5, 0.6) is 0 Å². The fourth-order valence-corrected chi connectivity index (χ4v) is 2.93. The summed E-state index contributed by atoms with van der Waals surface area (Å²) in [6, 6.07) is 0. The number of nitrogens with one attached hydrogen (secondary N) is 1. The SMILES string of the molecule is CCCCC(=O)OCC(=O)Nc1sc(C)c(C)c1C(=O)OCC. The average molecular weight is 341 g/mol. The number of amides is 1. The van der Waals surface area contributed by atoms with Gasteiger partial charge in [0.05, 0.1) is 12.2 Å². The summed E-state index contributed by atoms with van der Waals surface area (Å²) in [7, 11) is 0. The number of hydrogen-bond donors (Lipinski definition) is 1. The third kappa shape index (κ3) is 5.67. The Kier molecular flexibility index (Phi) is 7.74. The van der Waals surface area contributed by atoms with E-state index in [-0.39, 0.29) is 13.2 Å². The van der Waals surface area contributed by atoms with Gasteiger partial charge in [-0.3, -0.25) is 9.59 Å². The molecule has 0 aromatic carbocycles. The second-order valence-electron chi connectivity index (χ2n) is 5.02. The molecule has 0 aliphatic rings. The lowest BCUT2D eigenvalue weighted by molar-refractivity contribution is -0.147. The molecule has 1 amide bonds. The van der Waals surface area contributed by atoms with Crippen LogP contribution in [0.2, 0.25) is 0 Å². The largest absolute Gasteiger partial charge is 0.462 e. The molecule has 0 spiro atoms. The standard InChI is InChI=1S/C16H23NO5S/c1-5-7-8-13(19)22-9-12(18)17-15-14(16(20)21-6-2)10(3)11(4)23-15/h5-9H2,1-4H3,(H,17,18).